The summed E-state index contributed by atoms with van der Waals surface area (Å²) >= 11 is 0. The molecule has 3 rings (SSSR count). The van der Waals surface area contributed by atoms with Gasteiger partial charge in [0.1, 0.15) is 0 Å². The fraction of sp³-hybridized carbons (Fsp3) is 0.667. The Hall–Kier alpha value is -0.860. The van der Waals surface area contributed by atoms with Gasteiger partial charge < -0.3 is 20.1 Å². The van der Waals surface area contributed by atoms with Gasteiger partial charge in [0.05, 0.1) is 12.7 Å². The van der Waals surface area contributed by atoms with Crippen molar-refractivity contribution in [3.63, 3.8) is 0 Å². The van der Waals surface area contributed by atoms with Gasteiger partial charge >= 0.3 is 0 Å². The van der Waals surface area contributed by atoms with E-state index in [9.17, 15) is 0 Å². The Labute approximate surface area is 180 Å². The predicted octanol–water partition coefficient (Wildman–Crippen LogP) is 3.48. The lowest BCUT2D eigenvalue weighted by molar-refractivity contribution is 0.0168. The first-order valence-corrected chi connectivity index (χ1v) is 10.0. The molecule has 0 aromatic heterocycles. The van der Waals surface area contributed by atoms with E-state index in [-0.39, 0.29) is 29.4 Å². The standard InChI is InChI=1S/C21H33N3O2.HI/c1-22-20(23-13-7-14-25-16-19-10-5-15-26-19)24-17-21(11-6-12-21)18-8-3-2-4-9-18;/h2-4,8-9,19H,5-7,10-17H2,1H3,(H2,22,23,24);1H. The third kappa shape index (κ3) is 6.61. The maximum atomic E-state index is 5.71. The fourth-order valence-corrected chi connectivity index (χ4v) is 3.81. The number of ether oxygens (including phenoxy) is 2. The minimum Gasteiger partial charge on any atom is -0.379 e. The SMILES string of the molecule is CN=C(NCCCOCC1CCCO1)NCC1(c2ccccc2)CCC1.I. The molecule has 1 aliphatic carbocycles. The quantitative estimate of drug-likeness (QED) is 0.243. The lowest BCUT2D eigenvalue weighted by Crippen LogP contribution is -2.49. The van der Waals surface area contributed by atoms with Crippen LogP contribution in [0.25, 0.3) is 0 Å². The summed E-state index contributed by atoms with van der Waals surface area (Å²) < 4.78 is 11.3. The highest BCUT2D eigenvalue weighted by Gasteiger charge is 2.38. The van der Waals surface area contributed by atoms with Crippen molar-refractivity contribution >= 4 is 29.9 Å². The van der Waals surface area contributed by atoms with Gasteiger partial charge in [-0.25, -0.2) is 0 Å². The van der Waals surface area contributed by atoms with Gasteiger partial charge in [-0.2, -0.15) is 0 Å². The third-order valence-corrected chi connectivity index (χ3v) is 5.60. The van der Waals surface area contributed by atoms with Gasteiger partial charge in [-0.3, -0.25) is 4.99 Å². The van der Waals surface area contributed by atoms with Crippen LogP contribution in [0.1, 0.15) is 44.1 Å². The summed E-state index contributed by atoms with van der Waals surface area (Å²) in [6.07, 6.45) is 7.40. The summed E-state index contributed by atoms with van der Waals surface area (Å²) in [5, 5.41) is 6.92. The minimum atomic E-state index is 0. The summed E-state index contributed by atoms with van der Waals surface area (Å²) in [5.41, 5.74) is 1.71. The zero-order valence-corrected chi connectivity index (χ0v) is 18.7. The summed E-state index contributed by atoms with van der Waals surface area (Å²) in [5.74, 6) is 0.881. The van der Waals surface area contributed by atoms with Crippen molar-refractivity contribution in [1.82, 2.24) is 10.6 Å². The molecule has 1 atom stereocenters. The van der Waals surface area contributed by atoms with E-state index >= 15 is 0 Å². The van der Waals surface area contributed by atoms with E-state index in [1.54, 1.807) is 0 Å². The van der Waals surface area contributed by atoms with E-state index in [0.29, 0.717) is 6.10 Å². The molecule has 0 radical (unpaired) electrons. The Morgan fingerprint density at radius 2 is 2.04 bits per heavy atom. The molecule has 5 nitrogen and oxygen atoms in total. The molecule has 152 valence electrons. The molecular formula is C21H34IN3O2. The number of benzene rings is 1. The zero-order chi connectivity index (χ0) is 18.1. The van der Waals surface area contributed by atoms with Crippen molar-refractivity contribution < 1.29 is 9.47 Å². The van der Waals surface area contributed by atoms with Crippen LogP contribution in [0.15, 0.2) is 35.3 Å². The maximum Gasteiger partial charge on any atom is 0.191 e. The Bertz CT molecular complexity index is 558. The van der Waals surface area contributed by atoms with Crippen molar-refractivity contribution in [2.45, 2.75) is 50.0 Å². The monoisotopic (exact) mass is 487 g/mol. The van der Waals surface area contributed by atoms with Crippen LogP contribution < -0.4 is 10.6 Å². The number of aliphatic imine (C=N–C) groups is 1. The van der Waals surface area contributed by atoms with Crippen molar-refractivity contribution in [2.24, 2.45) is 4.99 Å². The Kier molecular flexibility index (Phi) is 9.86. The molecule has 1 aromatic carbocycles. The summed E-state index contributed by atoms with van der Waals surface area (Å²) in [6.45, 7) is 4.18. The molecule has 1 aliphatic heterocycles. The van der Waals surface area contributed by atoms with E-state index in [4.69, 9.17) is 9.47 Å². The second-order valence-corrected chi connectivity index (χ2v) is 7.42. The van der Waals surface area contributed by atoms with Gasteiger partial charge in [-0.05, 0) is 37.7 Å². The first-order chi connectivity index (χ1) is 12.8. The first-order valence-electron chi connectivity index (χ1n) is 10.0. The Morgan fingerprint density at radius 3 is 2.67 bits per heavy atom. The predicted molar refractivity (Wildman–Crippen MR) is 121 cm³/mol. The van der Waals surface area contributed by atoms with Crippen LogP contribution >= 0.6 is 24.0 Å². The van der Waals surface area contributed by atoms with Crippen LogP contribution in [0.2, 0.25) is 0 Å². The molecule has 0 amide bonds. The highest BCUT2D eigenvalue weighted by Crippen LogP contribution is 2.43. The molecule has 0 bridgehead atoms. The number of nitrogens with zero attached hydrogens (tertiary/aromatic N) is 1. The zero-order valence-electron chi connectivity index (χ0n) is 16.4. The topological polar surface area (TPSA) is 54.9 Å². The molecule has 2 N–H and O–H groups in total. The van der Waals surface area contributed by atoms with Crippen LogP contribution in [0.5, 0.6) is 0 Å². The minimum absolute atomic E-state index is 0. The molecule has 6 heteroatoms. The average Bonchev–Trinajstić information content (AvgIpc) is 3.16. The molecule has 1 saturated carbocycles. The van der Waals surface area contributed by atoms with Crippen LogP contribution in [-0.2, 0) is 14.9 Å². The number of hydrogen-bond donors (Lipinski definition) is 2. The maximum absolute atomic E-state index is 5.71. The van der Waals surface area contributed by atoms with Gasteiger partial charge in [0.2, 0.25) is 0 Å². The van der Waals surface area contributed by atoms with Crippen LogP contribution in [0, 0.1) is 0 Å². The molecular weight excluding hydrogens is 453 g/mol. The highest BCUT2D eigenvalue weighted by molar-refractivity contribution is 14.0. The Balaban J connectivity index is 0.00000261. The van der Waals surface area contributed by atoms with Crippen molar-refractivity contribution in [3.05, 3.63) is 35.9 Å². The van der Waals surface area contributed by atoms with E-state index in [1.807, 2.05) is 7.05 Å². The van der Waals surface area contributed by atoms with Crippen molar-refractivity contribution in [3.8, 4) is 0 Å². The van der Waals surface area contributed by atoms with Gasteiger partial charge in [-0.15, -0.1) is 24.0 Å². The van der Waals surface area contributed by atoms with Gasteiger partial charge in [-0.1, -0.05) is 36.8 Å². The number of guanidine groups is 1. The van der Waals surface area contributed by atoms with Crippen LogP contribution in [0.4, 0.5) is 0 Å². The molecule has 1 unspecified atom stereocenters. The van der Waals surface area contributed by atoms with Gasteiger partial charge in [0.25, 0.3) is 0 Å². The number of rotatable bonds is 9. The van der Waals surface area contributed by atoms with E-state index in [0.717, 1.165) is 51.7 Å². The van der Waals surface area contributed by atoms with E-state index in [1.165, 1.54) is 31.2 Å². The van der Waals surface area contributed by atoms with Crippen LogP contribution in [0.3, 0.4) is 0 Å². The largest absolute Gasteiger partial charge is 0.379 e. The Morgan fingerprint density at radius 1 is 1.22 bits per heavy atom. The molecule has 1 aromatic rings. The van der Waals surface area contributed by atoms with Crippen molar-refractivity contribution in [1.29, 1.82) is 0 Å². The number of halogens is 1. The molecule has 27 heavy (non-hydrogen) atoms. The molecule has 1 saturated heterocycles. The highest BCUT2D eigenvalue weighted by atomic mass is 127. The summed E-state index contributed by atoms with van der Waals surface area (Å²) in [6, 6.07) is 10.9. The van der Waals surface area contributed by atoms with Crippen LogP contribution in [-0.4, -0.2) is 52.0 Å². The molecule has 2 aliphatic rings. The number of hydrogen-bond acceptors (Lipinski definition) is 3. The second-order valence-electron chi connectivity index (χ2n) is 7.42. The second kappa shape index (κ2) is 11.9. The lowest BCUT2D eigenvalue weighted by atomic mass is 9.64. The molecule has 0 spiro atoms. The van der Waals surface area contributed by atoms with Gasteiger partial charge in [0.15, 0.2) is 5.96 Å². The third-order valence-electron chi connectivity index (χ3n) is 5.60. The molecule has 2 fully saturated rings. The first kappa shape index (κ1) is 22.4. The summed E-state index contributed by atoms with van der Waals surface area (Å²) in [7, 11) is 1.83. The van der Waals surface area contributed by atoms with Crippen molar-refractivity contribution in [2.75, 3.05) is 40.0 Å². The van der Waals surface area contributed by atoms with E-state index < -0.39 is 0 Å². The lowest BCUT2D eigenvalue weighted by Gasteiger charge is -2.43. The summed E-state index contributed by atoms with van der Waals surface area (Å²) in [4.78, 5) is 4.36. The number of nitrogens with one attached hydrogen (secondary N) is 2. The molecule has 1 heterocycles. The smallest absolute Gasteiger partial charge is 0.191 e. The fourth-order valence-electron chi connectivity index (χ4n) is 3.81. The average molecular weight is 487 g/mol. The van der Waals surface area contributed by atoms with Gasteiger partial charge in [0, 0.05) is 38.8 Å². The normalized spacial score (nSPS) is 21.2. The van der Waals surface area contributed by atoms with E-state index in [2.05, 4.69) is 46.0 Å².